The van der Waals surface area contributed by atoms with Crippen LogP contribution in [0.25, 0.3) is 0 Å². The molecule has 17 heavy (non-hydrogen) atoms. The fraction of sp³-hybridized carbons (Fsp3) is 0.600. The number of likely N-dealkylation sites (N-methyl/N-ethyl adjacent to an activating group) is 1. The van der Waals surface area contributed by atoms with Gasteiger partial charge in [-0.2, -0.15) is 0 Å². The van der Waals surface area contributed by atoms with Crippen molar-refractivity contribution in [2.45, 2.75) is 40.2 Å². The van der Waals surface area contributed by atoms with Crippen LogP contribution < -0.4 is 4.74 Å². The van der Waals surface area contributed by atoms with Crippen LogP contribution in [0.3, 0.4) is 0 Å². The molecule has 0 unspecified atom stereocenters. The van der Waals surface area contributed by atoms with E-state index in [0.717, 1.165) is 18.7 Å². The fourth-order valence-corrected chi connectivity index (χ4v) is 1.89. The molecule has 96 valence electrons. The van der Waals surface area contributed by atoms with Crippen LogP contribution in [0.15, 0.2) is 12.1 Å². The van der Waals surface area contributed by atoms with Crippen LogP contribution in [0, 0.1) is 13.8 Å². The van der Waals surface area contributed by atoms with Crippen LogP contribution in [-0.4, -0.2) is 31.6 Å². The van der Waals surface area contributed by atoms with E-state index in [9.17, 15) is 0 Å². The quantitative estimate of drug-likeness (QED) is 0.777. The Kier molecular flexibility index (Phi) is 5.01. The highest BCUT2D eigenvalue weighted by atomic mass is 16.5. The SMILES string of the molecule is COc1cc(C)c(CCN(C)C(C)C)cc1C. The minimum atomic E-state index is 0.606. The first-order valence-electron chi connectivity index (χ1n) is 6.30. The number of hydrogen-bond donors (Lipinski definition) is 0. The summed E-state index contributed by atoms with van der Waals surface area (Å²) in [5, 5.41) is 0. The van der Waals surface area contributed by atoms with Gasteiger partial charge in [-0.05, 0) is 63.9 Å². The van der Waals surface area contributed by atoms with Gasteiger partial charge in [0, 0.05) is 12.6 Å². The highest BCUT2D eigenvalue weighted by Crippen LogP contribution is 2.22. The van der Waals surface area contributed by atoms with Gasteiger partial charge in [-0.1, -0.05) is 6.07 Å². The van der Waals surface area contributed by atoms with E-state index in [2.05, 4.69) is 51.8 Å². The standard InChI is InChI=1S/C15H25NO/c1-11(2)16(5)8-7-14-9-13(4)15(17-6)10-12(14)3/h9-11H,7-8H2,1-6H3. The fourth-order valence-electron chi connectivity index (χ4n) is 1.89. The summed E-state index contributed by atoms with van der Waals surface area (Å²) in [5.74, 6) is 0.989. The summed E-state index contributed by atoms with van der Waals surface area (Å²) in [5.41, 5.74) is 3.97. The van der Waals surface area contributed by atoms with Gasteiger partial charge in [0.2, 0.25) is 0 Å². The van der Waals surface area contributed by atoms with Crippen molar-refractivity contribution in [3.8, 4) is 5.75 Å². The molecule has 1 aromatic rings. The van der Waals surface area contributed by atoms with Crippen molar-refractivity contribution in [1.82, 2.24) is 4.90 Å². The maximum absolute atomic E-state index is 5.33. The molecule has 2 heteroatoms. The topological polar surface area (TPSA) is 12.5 Å². The third-order valence-corrected chi connectivity index (χ3v) is 3.47. The van der Waals surface area contributed by atoms with Crippen molar-refractivity contribution >= 4 is 0 Å². The summed E-state index contributed by atoms with van der Waals surface area (Å²) in [7, 11) is 3.91. The number of nitrogens with zero attached hydrogens (tertiary/aromatic N) is 1. The Labute approximate surface area is 106 Å². The molecule has 0 saturated carbocycles. The maximum atomic E-state index is 5.33. The van der Waals surface area contributed by atoms with Crippen LogP contribution in [0.5, 0.6) is 5.75 Å². The molecule has 0 N–H and O–H groups in total. The second kappa shape index (κ2) is 6.06. The average Bonchev–Trinajstić information content (AvgIpc) is 2.29. The molecule has 2 nitrogen and oxygen atoms in total. The van der Waals surface area contributed by atoms with Gasteiger partial charge in [0.05, 0.1) is 7.11 Å². The molecule has 0 fully saturated rings. The van der Waals surface area contributed by atoms with Crippen molar-refractivity contribution in [2.75, 3.05) is 20.7 Å². The zero-order valence-electron chi connectivity index (χ0n) is 12.0. The third-order valence-electron chi connectivity index (χ3n) is 3.47. The number of benzene rings is 1. The Hall–Kier alpha value is -1.02. The van der Waals surface area contributed by atoms with Gasteiger partial charge >= 0.3 is 0 Å². The summed E-state index contributed by atoms with van der Waals surface area (Å²) < 4.78 is 5.33. The lowest BCUT2D eigenvalue weighted by Crippen LogP contribution is -2.28. The van der Waals surface area contributed by atoms with Gasteiger partial charge < -0.3 is 9.64 Å². The van der Waals surface area contributed by atoms with Gasteiger partial charge in [-0.25, -0.2) is 0 Å². The molecule has 0 heterocycles. The number of methoxy groups -OCH3 is 1. The maximum Gasteiger partial charge on any atom is 0.122 e. The van der Waals surface area contributed by atoms with E-state index >= 15 is 0 Å². The largest absolute Gasteiger partial charge is 0.496 e. The molecule has 0 aliphatic heterocycles. The minimum absolute atomic E-state index is 0.606. The molecular formula is C15H25NO. The van der Waals surface area contributed by atoms with Gasteiger partial charge in [0.25, 0.3) is 0 Å². The van der Waals surface area contributed by atoms with Crippen molar-refractivity contribution < 1.29 is 4.74 Å². The van der Waals surface area contributed by atoms with Crippen LogP contribution in [0.1, 0.15) is 30.5 Å². The summed E-state index contributed by atoms with van der Waals surface area (Å²) in [6.07, 6.45) is 1.10. The lowest BCUT2D eigenvalue weighted by molar-refractivity contribution is 0.277. The van der Waals surface area contributed by atoms with E-state index < -0.39 is 0 Å². The van der Waals surface area contributed by atoms with E-state index in [4.69, 9.17) is 4.74 Å². The first-order valence-corrected chi connectivity index (χ1v) is 6.30. The van der Waals surface area contributed by atoms with E-state index in [1.807, 2.05) is 0 Å². The van der Waals surface area contributed by atoms with Gasteiger partial charge in [0.1, 0.15) is 5.75 Å². The summed E-state index contributed by atoms with van der Waals surface area (Å²) in [4.78, 5) is 2.37. The summed E-state index contributed by atoms with van der Waals surface area (Å²) in [6.45, 7) is 9.82. The van der Waals surface area contributed by atoms with Crippen LogP contribution >= 0.6 is 0 Å². The van der Waals surface area contributed by atoms with Crippen LogP contribution in [0.2, 0.25) is 0 Å². The van der Waals surface area contributed by atoms with Crippen molar-refractivity contribution in [3.05, 3.63) is 28.8 Å². The molecule has 1 rings (SSSR count). The van der Waals surface area contributed by atoms with Crippen molar-refractivity contribution in [3.63, 3.8) is 0 Å². The Balaban J connectivity index is 2.75. The zero-order chi connectivity index (χ0) is 13.0. The summed E-state index contributed by atoms with van der Waals surface area (Å²) >= 11 is 0. The number of hydrogen-bond acceptors (Lipinski definition) is 2. The van der Waals surface area contributed by atoms with E-state index in [-0.39, 0.29) is 0 Å². The highest BCUT2D eigenvalue weighted by molar-refractivity contribution is 5.41. The van der Waals surface area contributed by atoms with E-state index in [0.29, 0.717) is 6.04 Å². The van der Waals surface area contributed by atoms with Crippen molar-refractivity contribution in [2.24, 2.45) is 0 Å². The normalized spacial score (nSPS) is 11.3. The van der Waals surface area contributed by atoms with Crippen LogP contribution in [0.4, 0.5) is 0 Å². The van der Waals surface area contributed by atoms with E-state index in [1.54, 1.807) is 7.11 Å². The molecular weight excluding hydrogens is 210 g/mol. The Morgan fingerprint density at radius 2 is 1.82 bits per heavy atom. The van der Waals surface area contributed by atoms with Crippen LogP contribution in [-0.2, 0) is 6.42 Å². The molecule has 0 radical (unpaired) electrons. The lowest BCUT2D eigenvalue weighted by atomic mass is 10.0. The summed E-state index contributed by atoms with van der Waals surface area (Å²) in [6, 6.07) is 5.00. The molecule has 1 aromatic carbocycles. The van der Waals surface area contributed by atoms with Crippen molar-refractivity contribution in [1.29, 1.82) is 0 Å². The van der Waals surface area contributed by atoms with Gasteiger partial charge in [0.15, 0.2) is 0 Å². The average molecular weight is 235 g/mol. The number of aryl methyl sites for hydroxylation is 2. The molecule has 0 atom stereocenters. The molecule has 0 bridgehead atoms. The Morgan fingerprint density at radius 1 is 1.18 bits per heavy atom. The molecule has 0 spiro atoms. The number of rotatable bonds is 5. The third kappa shape index (κ3) is 3.74. The number of ether oxygens (including phenoxy) is 1. The highest BCUT2D eigenvalue weighted by Gasteiger charge is 2.07. The first-order chi connectivity index (χ1) is 7.95. The van der Waals surface area contributed by atoms with Gasteiger partial charge in [-0.3, -0.25) is 0 Å². The molecule has 0 aliphatic rings. The molecule has 0 amide bonds. The molecule has 0 saturated heterocycles. The second-order valence-corrected chi connectivity index (χ2v) is 5.07. The predicted octanol–water partition coefficient (Wildman–Crippen LogP) is 3.19. The zero-order valence-corrected chi connectivity index (χ0v) is 12.0. The Bertz CT molecular complexity index is 371. The minimum Gasteiger partial charge on any atom is -0.496 e. The first kappa shape index (κ1) is 14.0. The van der Waals surface area contributed by atoms with E-state index in [1.165, 1.54) is 16.7 Å². The monoisotopic (exact) mass is 235 g/mol. The molecule has 0 aliphatic carbocycles. The predicted molar refractivity (Wildman–Crippen MR) is 73.9 cm³/mol. The van der Waals surface area contributed by atoms with Gasteiger partial charge in [-0.15, -0.1) is 0 Å². The Morgan fingerprint density at radius 3 is 2.35 bits per heavy atom. The molecule has 0 aromatic heterocycles. The smallest absolute Gasteiger partial charge is 0.122 e. The second-order valence-electron chi connectivity index (χ2n) is 5.07. The lowest BCUT2D eigenvalue weighted by Gasteiger charge is -2.21.